The Morgan fingerprint density at radius 3 is 0.874 bits per heavy atom. The van der Waals surface area contributed by atoms with Crippen molar-refractivity contribution < 1.29 is 9.47 Å². The van der Waals surface area contributed by atoms with E-state index in [-0.39, 0.29) is 11.1 Å². The van der Waals surface area contributed by atoms with Crippen molar-refractivity contribution in [2.24, 2.45) is 0 Å². The Hall–Kier alpha value is -4.58. The highest BCUT2D eigenvalue weighted by molar-refractivity contribution is 7.27. The number of rotatable bonds is 50. The molecule has 0 spiro atoms. The van der Waals surface area contributed by atoms with Gasteiger partial charge in [-0.25, -0.2) is 9.97 Å². The van der Waals surface area contributed by atoms with E-state index in [4.69, 9.17) is 19.4 Å². The number of ether oxygens (including phenoxy) is 2. The lowest BCUT2D eigenvalue weighted by Crippen LogP contribution is -2.23. The first-order valence-corrected chi connectivity index (χ1v) is 38.0. The second-order valence-electron chi connectivity index (χ2n) is 25.1. The summed E-state index contributed by atoms with van der Waals surface area (Å²) in [7, 11) is 0. The number of aryl methyl sites for hydroxylation is 2. The molecule has 7 rings (SSSR count). The van der Waals surface area contributed by atoms with Gasteiger partial charge in [-0.3, -0.25) is 18.7 Å². The number of pyridine rings is 4. The molecular formula is C76H112N4O4S3. The molecule has 0 fully saturated rings. The van der Waals surface area contributed by atoms with Gasteiger partial charge in [0.05, 0.1) is 36.7 Å². The number of hydrogen-bond acceptors (Lipinski definition) is 9. The number of fused-ring (bicyclic) bond motifs is 2. The Morgan fingerprint density at radius 1 is 0.322 bits per heavy atom. The molecule has 0 amide bonds. The molecule has 7 aromatic heterocycles. The number of nitrogens with zero attached hydrogens (tertiary/aromatic N) is 4. The summed E-state index contributed by atoms with van der Waals surface area (Å²) < 4.78 is 16.5. The predicted octanol–water partition coefficient (Wildman–Crippen LogP) is 24.4. The Balaban J connectivity index is 1.04. The van der Waals surface area contributed by atoms with Gasteiger partial charge in [-0.05, 0) is 86.3 Å². The summed E-state index contributed by atoms with van der Waals surface area (Å²) in [5, 5.41) is 1.89. The van der Waals surface area contributed by atoms with E-state index in [0.717, 1.165) is 112 Å². The van der Waals surface area contributed by atoms with Crippen LogP contribution in [0.5, 0.6) is 11.5 Å². The first-order valence-electron chi connectivity index (χ1n) is 35.6. The third-order valence-corrected chi connectivity index (χ3v) is 21.4. The van der Waals surface area contributed by atoms with E-state index < -0.39 is 0 Å². The molecule has 11 heteroatoms. The molecule has 478 valence electrons. The van der Waals surface area contributed by atoms with Gasteiger partial charge >= 0.3 is 0 Å². The highest BCUT2D eigenvalue weighted by Crippen LogP contribution is 2.43. The highest BCUT2D eigenvalue weighted by atomic mass is 32.1. The highest BCUT2D eigenvalue weighted by Gasteiger charge is 2.19. The molecule has 0 aliphatic carbocycles. The zero-order valence-corrected chi connectivity index (χ0v) is 57.1. The zero-order chi connectivity index (χ0) is 60.9. The fourth-order valence-electron chi connectivity index (χ4n) is 12.3. The number of hydrogen-bond donors (Lipinski definition) is 0. The van der Waals surface area contributed by atoms with Crippen molar-refractivity contribution in [1.29, 1.82) is 0 Å². The van der Waals surface area contributed by atoms with Crippen LogP contribution < -0.4 is 20.6 Å². The maximum absolute atomic E-state index is 14.7. The van der Waals surface area contributed by atoms with Crippen molar-refractivity contribution in [3.63, 3.8) is 0 Å². The quantitative estimate of drug-likeness (QED) is 0.0353. The van der Waals surface area contributed by atoms with E-state index >= 15 is 0 Å². The van der Waals surface area contributed by atoms with Gasteiger partial charge < -0.3 is 9.47 Å². The minimum atomic E-state index is 0.0245. The lowest BCUT2D eigenvalue weighted by atomic mass is 10.1. The van der Waals surface area contributed by atoms with Crippen LogP contribution >= 0.6 is 34.0 Å². The summed E-state index contributed by atoms with van der Waals surface area (Å²) in [6.07, 6.45) is 54.4. The number of thiophene rings is 3. The summed E-state index contributed by atoms with van der Waals surface area (Å²) in [4.78, 5) is 45.7. The molecule has 7 heterocycles. The molecule has 0 saturated carbocycles. The lowest BCUT2D eigenvalue weighted by molar-refractivity contribution is 0.303. The van der Waals surface area contributed by atoms with Crippen LogP contribution in [0.3, 0.4) is 0 Å². The Labute approximate surface area is 537 Å². The Morgan fingerprint density at radius 2 is 0.575 bits per heavy atom. The first-order chi connectivity index (χ1) is 42.9. The average molecular weight is 1240 g/mol. The molecule has 0 radical (unpaired) electrons. The van der Waals surface area contributed by atoms with Crippen molar-refractivity contribution in [2.75, 3.05) is 13.2 Å². The van der Waals surface area contributed by atoms with E-state index in [0.29, 0.717) is 26.3 Å². The largest absolute Gasteiger partial charge is 0.492 e. The molecule has 0 atom stereocenters. The van der Waals surface area contributed by atoms with Crippen molar-refractivity contribution in [3.05, 3.63) is 93.8 Å². The molecule has 0 aliphatic heterocycles. The van der Waals surface area contributed by atoms with Crippen molar-refractivity contribution in [1.82, 2.24) is 19.1 Å². The predicted molar refractivity (Wildman–Crippen MR) is 379 cm³/mol. The van der Waals surface area contributed by atoms with E-state index in [1.54, 1.807) is 34.0 Å². The van der Waals surface area contributed by atoms with E-state index in [2.05, 4.69) is 88.4 Å². The number of aromatic nitrogens is 4. The molecule has 0 bridgehead atoms. The van der Waals surface area contributed by atoms with Crippen LogP contribution in [0.15, 0.2) is 82.6 Å². The van der Waals surface area contributed by atoms with Gasteiger partial charge in [-0.1, -0.05) is 259 Å². The van der Waals surface area contributed by atoms with Gasteiger partial charge in [0, 0.05) is 53.1 Å². The van der Waals surface area contributed by atoms with Crippen LogP contribution in [0, 0.1) is 0 Å². The summed E-state index contributed by atoms with van der Waals surface area (Å²) in [6, 6.07) is 21.3. The van der Waals surface area contributed by atoms with Gasteiger partial charge in [0.25, 0.3) is 11.1 Å². The van der Waals surface area contributed by atoms with Crippen LogP contribution in [0.1, 0.15) is 285 Å². The third-order valence-electron chi connectivity index (χ3n) is 17.6. The minimum absolute atomic E-state index is 0.0245. The van der Waals surface area contributed by atoms with Crippen molar-refractivity contribution >= 4 is 56.1 Å². The zero-order valence-electron chi connectivity index (χ0n) is 54.7. The molecule has 0 unspecified atom stereocenters. The van der Waals surface area contributed by atoms with Crippen LogP contribution in [-0.4, -0.2) is 32.3 Å². The third kappa shape index (κ3) is 24.0. The molecule has 0 aromatic carbocycles. The smallest absolute Gasteiger partial charge is 0.260 e. The SMILES string of the molecule is CCCCCCCCCCCCOc1cnc2c(c1)cc(-c1ccc(-c3ccc(-c4ccc(-c5cc6cc(OCCCCCCCCCCCC)cnc6n(CCCCCCCCCCCC)c5=O)s4)s3)s1)c(=O)n2CCCCCCCCCCCC. The van der Waals surface area contributed by atoms with Crippen molar-refractivity contribution in [2.45, 2.75) is 298 Å². The maximum Gasteiger partial charge on any atom is 0.260 e. The topological polar surface area (TPSA) is 88.2 Å². The van der Waals surface area contributed by atoms with E-state index in [1.807, 2.05) is 21.5 Å². The van der Waals surface area contributed by atoms with Gasteiger partial charge in [0.2, 0.25) is 0 Å². The summed E-state index contributed by atoms with van der Waals surface area (Å²) in [5.41, 5.74) is 2.96. The van der Waals surface area contributed by atoms with Crippen LogP contribution in [0.2, 0.25) is 0 Å². The lowest BCUT2D eigenvalue weighted by Gasteiger charge is -2.13. The normalized spacial score (nSPS) is 11.7. The first kappa shape index (κ1) is 69.9. The van der Waals surface area contributed by atoms with E-state index in [1.165, 1.54) is 218 Å². The van der Waals surface area contributed by atoms with Gasteiger partial charge in [0.1, 0.15) is 22.8 Å². The summed E-state index contributed by atoms with van der Waals surface area (Å²) >= 11 is 5.13. The van der Waals surface area contributed by atoms with Crippen molar-refractivity contribution in [3.8, 4) is 51.9 Å². The van der Waals surface area contributed by atoms with Crippen LogP contribution in [0.25, 0.3) is 62.5 Å². The second-order valence-corrected chi connectivity index (χ2v) is 28.4. The van der Waals surface area contributed by atoms with Crippen LogP contribution in [0.4, 0.5) is 0 Å². The fraction of sp³-hybridized carbons (Fsp3) is 0.632. The molecule has 0 saturated heterocycles. The number of unbranched alkanes of at least 4 members (excludes halogenated alkanes) is 36. The fourth-order valence-corrected chi connectivity index (χ4v) is 15.5. The average Bonchev–Trinajstić information content (AvgIpc) is 2.69. The molecular weight excluding hydrogens is 1130 g/mol. The molecule has 0 N–H and O–H groups in total. The Bertz CT molecular complexity index is 2910. The molecule has 87 heavy (non-hydrogen) atoms. The second kappa shape index (κ2) is 41.7. The summed E-state index contributed by atoms with van der Waals surface area (Å²) in [6.45, 7) is 11.8. The van der Waals surface area contributed by atoms with Gasteiger partial charge in [-0.15, -0.1) is 34.0 Å². The molecule has 8 nitrogen and oxygen atoms in total. The molecule has 0 aliphatic rings. The molecule has 7 aromatic rings. The Kier molecular flexibility index (Phi) is 33.5. The minimum Gasteiger partial charge on any atom is -0.492 e. The summed E-state index contributed by atoms with van der Waals surface area (Å²) in [5.74, 6) is 1.54. The monoisotopic (exact) mass is 1240 g/mol. The van der Waals surface area contributed by atoms with Crippen LogP contribution in [-0.2, 0) is 13.1 Å². The maximum atomic E-state index is 14.7. The van der Waals surface area contributed by atoms with Gasteiger partial charge in [0.15, 0.2) is 0 Å². The standard InChI is InChI=1S/C76H112N4O4S3/c1-5-9-13-17-21-25-29-33-37-41-51-79-73-61(55-63(59-77-73)83-53-43-39-35-31-27-23-19-15-11-7-3)57-65(75(79)81)67-45-47-69(85-67)71-49-50-72(87-71)70-48-46-68(86-70)66-58-62-56-64(84-54-44-40-36-32-28-24-20-16-12-8-4)60-78-74(62)80(76(66)82)52-42-38-34-30-26-22-18-14-10-6-2/h45-50,55-60H,5-44,51-54H2,1-4H3. The van der Waals surface area contributed by atoms with Gasteiger partial charge in [-0.2, -0.15) is 0 Å². The van der Waals surface area contributed by atoms with E-state index in [9.17, 15) is 9.59 Å².